The maximum Gasteiger partial charge on any atom is 0.255 e. The Bertz CT molecular complexity index is 1300. The number of hydrogen-bond acceptors (Lipinski definition) is 3. The average Bonchev–Trinajstić information content (AvgIpc) is 3.05. The van der Waals surface area contributed by atoms with Crippen molar-refractivity contribution in [1.29, 1.82) is 0 Å². The molecule has 1 heterocycles. The molecule has 33 heavy (non-hydrogen) atoms. The highest BCUT2D eigenvalue weighted by Gasteiger charge is 2.16. The number of amides is 1. The molecular formula is C26H23Cl2N3O2. The van der Waals surface area contributed by atoms with Crippen molar-refractivity contribution < 1.29 is 9.53 Å². The normalized spacial score (nSPS) is 10.8. The first kappa shape index (κ1) is 22.9. The fourth-order valence-corrected chi connectivity index (χ4v) is 3.94. The van der Waals surface area contributed by atoms with Crippen molar-refractivity contribution in [3.63, 3.8) is 0 Å². The van der Waals surface area contributed by atoms with Gasteiger partial charge in [0.25, 0.3) is 5.91 Å². The number of halogens is 2. The van der Waals surface area contributed by atoms with Crippen LogP contribution in [-0.2, 0) is 13.2 Å². The van der Waals surface area contributed by atoms with E-state index < -0.39 is 0 Å². The topological polar surface area (TPSA) is 56.2 Å². The Hall–Kier alpha value is -3.28. The Morgan fingerprint density at radius 1 is 0.939 bits per heavy atom. The van der Waals surface area contributed by atoms with Gasteiger partial charge < -0.3 is 10.1 Å². The highest BCUT2D eigenvalue weighted by molar-refractivity contribution is 6.30. The van der Waals surface area contributed by atoms with Crippen molar-refractivity contribution in [3.8, 4) is 5.75 Å². The lowest BCUT2D eigenvalue weighted by Crippen LogP contribution is -2.14. The minimum absolute atomic E-state index is 0.201. The Morgan fingerprint density at radius 3 is 2.39 bits per heavy atom. The Balaban J connectivity index is 1.46. The van der Waals surface area contributed by atoms with Crippen molar-refractivity contribution in [3.05, 3.63) is 111 Å². The first-order valence-corrected chi connectivity index (χ1v) is 11.2. The largest absolute Gasteiger partial charge is 0.489 e. The van der Waals surface area contributed by atoms with Gasteiger partial charge in [0.15, 0.2) is 0 Å². The van der Waals surface area contributed by atoms with E-state index in [1.54, 1.807) is 18.2 Å². The third kappa shape index (κ3) is 5.75. The quantitative estimate of drug-likeness (QED) is 0.321. The predicted octanol–water partition coefficient (Wildman–Crippen LogP) is 6.69. The second kappa shape index (κ2) is 10.1. The van der Waals surface area contributed by atoms with Crippen LogP contribution in [0.1, 0.15) is 32.9 Å². The molecule has 7 heteroatoms. The molecule has 0 fully saturated rings. The van der Waals surface area contributed by atoms with Gasteiger partial charge in [0, 0.05) is 15.6 Å². The van der Waals surface area contributed by atoms with E-state index in [1.165, 1.54) is 0 Å². The summed E-state index contributed by atoms with van der Waals surface area (Å²) in [4.78, 5) is 13.0. The number of hydrogen-bond donors (Lipinski definition) is 1. The van der Waals surface area contributed by atoms with Gasteiger partial charge in [0.1, 0.15) is 12.4 Å². The molecule has 0 spiro atoms. The molecule has 1 aromatic heterocycles. The predicted molar refractivity (Wildman–Crippen MR) is 132 cm³/mol. The number of aryl methyl sites for hydroxylation is 1. The molecule has 1 amide bonds. The molecule has 5 nitrogen and oxygen atoms in total. The first-order valence-electron chi connectivity index (χ1n) is 10.5. The fourth-order valence-electron chi connectivity index (χ4n) is 3.55. The lowest BCUT2D eigenvalue weighted by atomic mass is 10.1. The van der Waals surface area contributed by atoms with E-state index in [9.17, 15) is 4.79 Å². The van der Waals surface area contributed by atoms with Crippen LogP contribution >= 0.6 is 23.2 Å². The Kier molecular flexibility index (Phi) is 7.02. The second-order valence-electron chi connectivity index (χ2n) is 7.73. The van der Waals surface area contributed by atoms with E-state index in [4.69, 9.17) is 27.9 Å². The molecule has 0 saturated heterocycles. The van der Waals surface area contributed by atoms with Gasteiger partial charge >= 0.3 is 0 Å². The Morgan fingerprint density at radius 2 is 1.64 bits per heavy atom. The molecule has 0 radical (unpaired) electrons. The number of carbonyl (C=O) groups is 1. The van der Waals surface area contributed by atoms with Crippen LogP contribution in [0.3, 0.4) is 0 Å². The summed E-state index contributed by atoms with van der Waals surface area (Å²) >= 11 is 12.1. The Labute approximate surface area is 202 Å². The standard InChI is InChI=1S/C26H23Cl2N3O2/c1-17-25(18(2)31(30-17)15-19-6-4-9-22(27)13-19)29-26(32)21-8-3-7-20(12-21)16-33-24-11-5-10-23(28)14-24/h3-14H,15-16H2,1-2H3,(H,29,32). The number of rotatable bonds is 7. The van der Waals surface area contributed by atoms with Crippen molar-refractivity contribution in [2.24, 2.45) is 0 Å². The zero-order valence-electron chi connectivity index (χ0n) is 18.3. The number of ether oxygens (including phenoxy) is 1. The molecule has 168 valence electrons. The summed E-state index contributed by atoms with van der Waals surface area (Å²) in [6.07, 6.45) is 0. The zero-order chi connectivity index (χ0) is 23.4. The minimum atomic E-state index is -0.201. The fraction of sp³-hybridized carbons (Fsp3) is 0.154. The number of nitrogens with zero attached hydrogens (tertiary/aromatic N) is 2. The van der Waals surface area contributed by atoms with Crippen LogP contribution in [0.4, 0.5) is 5.69 Å². The lowest BCUT2D eigenvalue weighted by molar-refractivity contribution is 0.102. The van der Waals surface area contributed by atoms with Gasteiger partial charge in [0.2, 0.25) is 0 Å². The molecule has 0 aliphatic carbocycles. The lowest BCUT2D eigenvalue weighted by Gasteiger charge is -2.10. The molecule has 0 aliphatic heterocycles. The van der Waals surface area contributed by atoms with E-state index in [0.717, 1.165) is 22.5 Å². The minimum Gasteiger partial charge on any atom is -0.489 e. The van der Waals surface area contributed by atoms with Crippen molar-refractivity contribution >= 4 is 34.8 Å². The van der Waals surface area contributed by atoms with Gasteiger partial charge in [-0.25, -0.2) is 0 Å². The smallest absolute Gasteiger partial charge is 0.255 e. The number of nitrogens with one attached hydrogen (secondary N) is 1. The van der Waals surface area contributed by atoms with E-state index >= 15 is 0 Å². The van der Waals surface area contributed by atoms with Gasteiger partial charge in [-0.05, 0) is 67.4 Å². The summed E-state index contributed by atoms with van der Waals surface area (Å²) in [5.74, 6) is 0.476. The van der Waals surface area contributed by atoms with E-state index in [-0.39, 0.29) is 5.91 Å². The van der Waals surface area contributed by atoms with Crippen LogP contribution in [0, 0.1) is 13.8 Å². The molecule has 0 unspecified atom stereocenters. The van der Waals surface area contributed by atoms with Crippen LogP contribution in [0.2, 0.25) is 10.0 Å². The van der Waals surface area contributed by atoms with E-state index in [2.05, 4.69) is 10.4 Å². The third-order valence-electron chi connectivity index (χ3n) is 5.23. The van der Waals surface area contributed by atoms with Crippen LogP contribution in [-0.4, -0.2) is 15.7 Å². The van der Waals surface area contributed by atoms with Gasteiger partial charge in [-0.1, -0.05) is 53.5 Å². The monoisotopic (exact) mass is 479 g/mol. The summed E-state index contributed by atoms with van der Waals surface area (Å²) in [5.41, 5.74) is 4.81. The SMILES string of the molecule is Cc1nn(Cc2cccc(Cl)c2)c(C)c1NC(=O)c1cccc(COc2cccc(Cl)c2)c1. The number of aromatic nitrogens is 2. The third-order valence-corrected chi connectivity index (χ3v) is 5.70. The second-order valence-corrected chi connectivity index (χ2v) is 8.61. The summed E-state index contributed by atoms with van der Waals surface area (Å²) < 4.78 is 7.66. The summed E-state index contributed by atoms with van der Waals surface area (Å²) in [7, 11) is 0. The molecule has 4 aromatic rings. The van der Waals surface area contributed by atoms with Gasteiger partial charge in [-0.15, -0.1) is 0 Å². The van der Waals surface area contributed by atoms with Crippen LogP contribution in [0.25, 0.3) is 0 Å². The van der Waals surface area contributed by atoms with Crippen molar-refractivity contribution in [2.75, 3.05) is 5.32 Å². The van der Waals surface area contributed by atoms with E-state index in [0.29, 0.717) is 40.2 Å². The van der Waals surface area contributed by atoms with Gasteiger partial charge in [-0.2, -0.15) is 5.10 Å². The van der Waals surface area contributed by atoms with Crippen LogP contribution in [0.15, 0.2) is 72.8 Å². The van der Waals surface area contributed by atoms with Gasteiger partial charge in [0.05, 0.1) is 23.6 Å². The van der Waals surface area contributed by atoms with Crippen LogP contribution in [0.5, 0.6) is 5.75 Å². The maximum atomic E-state index is 13.0. The maximum absolute atomic E-state index is 13.0. The average molecular weight is 480 g/mol. The molecule has 3 aromatic carbocycles. The highest BCUT2D eigenvalue weighted by atomic mass is 35.5. The number of anilines is 1. The first-order chi connectivity index (χ1) is 15.9. The summed E-state index contributed by atoms with van der Waals surface area (Å²) in [5, 5.41) is 8.91. The number of benzene rings is 3. The van der Waals surface area contributed by atoms with Crippen molar-refractivity contribution in [2.45, 2.75) is 27.0 Å². The number of carbonyl (C=O) groups excluding carboxylic acids is 1. The van der Waals surface area contributed by atoms with Crippen LogP contribution < -0.4 is 10.1 Å². The highest BCUT2D eigenvalue weighted by Crippen LogP contribution is 2.23. The molecule has 0 atom stereocenters. The molecule has 0 aliphatic rings. The summed E-state index contributed by atoms with van der Waals surface area (Å²) in [6.45, 7) is 4.72. The van der Waals surface area contributed by atoms with Gasteiger partial charge in [-0.3, -0.25) is 9.48 Å². The molecule has 4 rings (SSSR count). The molecule has 0 bridgehead atoms. The van der Waals surface area contributed by atoms with E-state index in [1.807, 2.05) is 73.1 Å². The molecule has 0 saturated carbocycles. The summed E-state index contributed by atoms with van der Waals surface area (Å²) in [6, 6.07) is 22.2. The van der Waals surface area contributed by atoms with Crippen molar-refractivity contribution in [1.82, 2.24) is 9.78 Å². The zero-order valence-corrected chi connectivity index (χ0v) is 19.8. The molecule has 1 N–H and O–H groups in total. The molecular weight excluding hydrogens is 457 g/mol.